The van der Waals surface area contributed by atoms with Crippen molar-refractivity contribution in [3.05, 3.63) is 48.5 Å². The highest BCUT2D eigenvalue weighted by Crippen LogP contribution is 2.45. The average Bonchev–Trinajstić information content (AvgIpc) is 2.79. The minimum Gasteiger partial charge on any atom is -0.476 e. The lowest BCUT2D eigenvalue weighted by Gasteiger charge is -2.48. The summed E-state index contributed by atoms with van der Waals surface area (Å²) >= 11 is 0. The highest BCUT2D eigenvalue weighted by molar-refractivity contribution is 5.93. The van der Waals surface area contributed by atoms with Gasteiger partial charge in [0.1, 0.15) is 0 Å². The first-order valence-electron chi connectivity index (χ1n) is 10.7. The average molecular weight is 441 g/mol. The first kappa shape index (κ1) is 22.0. The molecule has 4 rings (SSSR count). The van der Waals surface area contributed by atoms with Crippen LogP contribution >= 0.6 is 0 Å². The molecule has 2 aliphatic rings. The lowest BCUT2D eigenvalue weighted by molar-refractivity contribution is -0.250. The maximum Gasteiger partial charge on any atom is 0.378 e. The zero-order chi connectivity index (χ0) is 23.1. The summed E-state index contributed by atoms with van der Waals surface area (Å²) in [6, 6.07) is 13.5. The molecule has 2 N–H and O–H groups in total. The van der Waals surface area contributed by atoms with E-state index in [9.17, 15) is 14.7 Å². The topological polar surface area (TPSA) is 103 Å². The minimum absolute atomic E-state index is 0.214. The van der Waals surface area contributed by atoms with Gasteiger partial charge in [-0.25, -0.2) is 4.79 Å². The molecule has 2 aromatic rings. The van der Waals surface area contributed by atoms with Crippen LogP contribution in [0.4, 0.5) is 0 Å². The van der Waals surface area contributed by atoms with Crippen molar-refractivity contribution < 1.29 is 33.6 Å². The molecular formula is C24H27NO7. The van der Waals surface area contributed by atoms with E-state index in [0.717, 1.165) is 0 Å². The Morgan fingerprint density at radius 2 is 1.50 bits per heavy atom. The van der Waals surface area contributed by atoms with Crippen molar-refractivity contribution in [2.24, 2.45) is 5.92 Å². The van der Waals surface area contributed by atoms with E-state index in [0.29, 0.717) is 17.9 Å². The highest BCUT2D eigenvalue weighted by atomic mass is 16.7. The zero-order valence-electron chi connectivity index (χ0n) is 18.5. The number of hydrogen-bond donors (Lipinski definition) is 2. The molecule has 0 saturated carbocycles. The molecule has 2 aromatic carbocycles. The third-order valence-corrected chi connectivity index (χ3v) is 6.37. The van der Waals surface area contributed by atoms with E-state index in [2.05, 4.69) is 5.32 Å². The maximum atomic E-state index is 13.6. The van der Waals surface area contributed by atoms with Crippen molar-refractivity contribution in [3.63, 3.8) is 0 Å². The molecule has 0 aromatic heterocycles. The largest absolute Gasteiger partial charge is 0.476 e. The number of nitrogens with one attached hydrogen (secondary N) is 1. The SMILES string of the molecule is CC[C@H](C)[C@]1(NC(=O)[C@@]2(O)Oc3ccccc3O[C@@]2(C)CC)Oc2ccccc2OC1=O. The van der Waals surface area contributed by atoms with Crippen molar-refractivity contribution in [2.75, 3.05) is 0 Å². The lowest BCUT2D eigenvalue weighted by Crippen LogP contribution is -2.74. The van der Waals surface area contributed by atoms with Gasteiger partial charge in [-0.2, -0.15) is 0 Å². The molecule has 32 heavy (non-hydrogen) atoms. The van der Waals surface area contributed by atoms with E-state index in [-0.39, 0.29) is 17.9 Å². The Balaban J connectivity index is 1.74. The second-order valence-electron chi connectivity index (χ2n) is 8.32. The van der Waals surface area contributed by atoms with Crippen LogP contribution in [0.3, 0.4) is 0 Å². The van der Waals surface area contributed by atoms with Crippen LogP contribution in [0.5, 0.6) is 23.0 Å². The molecule has 8 heteroatoms. The number of fused-ring (bicyclic) bond motifs is 2. The number of hydrogen-bond acceptors (Lipinski definition) is 7. The van der Waals surface area contributed by atoms with Crippen molar-refractivity contribution >= 4 is 11.9 Å². The molecule has 0 unspecified atom stereocenters. The Bertz CT molecular complexity index is 1060. The number of aliphatic hydroxyl groups is 1. The van der Waals surface area contributed by atoms with Gasteiger partial charge in [-0.3, -0.25) is 4.79 Å². The van der Waals surface area contributed by atoms with Gasteiger partial charge in [0, 0.05) is 5.92 Å². The van der Waals surface area contributed by atoms with Crippen LogP contribution in [0.1, 0.15) is 40.5 Å². The Labute approximate surface area is 186 Å². The molecule has 0 fully saturated rings. The molecular weight excluding hydrogens is 414 g/mol. The molecule has 8 nitrogen and oxygen atoms in total. The van der Waals surface area contributed by atoms with Gasteiger partial charge in [0.05, 0.1) is 0 Å². The number of benzene rings is 2. The summed E-state index contributed by atoms with van der Waals surface area (Å²) in [6.45, 7) is 6.96. The number of carbonyl (C=O) groups excluding carboxylic acids is 2. The van der Waals surface area contributed by atoms with Crippen LogP contribution in [0.25, 0.3) is 0 Å². The number of carbonyl (C=O) groups is 2. The van der Waals surface area contributed by atoms with Crippen LogP contribution < -0.4 is 24.3 Å². The first-order chi connectivity index (χ1) is 15.2. The van der Waals surface area contributed by atoms with Crippen molar-refractivity contribution in [1.82, 2.24) is 5.32 Å². The summed E-state index contributed by atoms with van der Waals surface area (Å²) in [4.78, 5) is 26.7. The molecule has 170 valence electrons. The monoisotopic (exact) mass is 441 g/mol. The third-order valence-electron chi connectivity index (χ3n) is 6.37. The predicted octanol–water partition coefficient (Wildman–Crippen LogP) is 3.17. The second-order valence-corrected chi connectivity index (χ2v) is 8.32. The highest BCUT2D eigenvalue weighted by Gasteiger charge is 2.63. The van der Waals surface area contributed by atoms with E-state index in [1.165, 1.54) is 0 Å². The van der Waals surface area contributed by atoms with E-state index in [1.807, 2.05) is 6.92 Å². The van der Waals surface area contributed by atoms with E-state index < -0.39 is 34.9 Å². The number of rotatable bonds is 5. The summed E-state index contributed by atoms with van der Waals surface area (Å²) in [7, 11) is 0. The quantitative estimate of drug-likeness (QED) is 0.543. The number of para-hydroxylation sites is 4. The smallest absolute Gasteiger partial charge is 0.378 e. The Morgan fingerprint density at radius 1 is 0.969 bits per heavy atom. The van der Waals surface area contributed by atoms with Gasteiger partial charge in [-0.15, -0.1) is 0 Å². The summed E-state index contributed by atoms with van der Waals surface area (Å²) in [5.74, 6) is -3.47. The fourth-order valence-corrected chi connectivity index (χ4v) is 3.85. The molecule has 4 atom stereocenters. The van der Waals surface area contributed by atoms with Gasteiger partial charge in [0.2, 0.25) is 0 Å². The Hall–Kier alpha value is -3.26. The van der Waals surface area contributed by atoms with Gasteiger partial charge >= 0.3 is 17.7 Å². The number of amides is 1. The fraction of sp³-hybridized carbons (Fsp3) is 0.417. The van der Waals surface area contributed by atoms with Crippen LogP contribution in [0.2, 0.25) is 0 Å². The van der Waals surface area contributed by atoms with Crippen molar-refractivity contribution in [2.45, 2.75) is 57.6 Å². The van der Waals surface area contributed by atoms with Crippen LogP contribution in [0, 0.1) is 5.92 Å². The Kier molecular flexibility index (Phi) is 5.29. The molecule has 1 amide bonds. The lowest BCUT2D eigenvalue weighted by atomic mass is 9.87. The molecule has 0 spiro atoms. The maximum absolute atomic E-state index is 13.6. The molecule has 0 aliphatic carbocycles. The first-order valence-corrected chi connectivity index (χ1v) is 10.7. The third kappa shape index (κ3) is 3.17. The summed E-state index contributed by atoms with van der Waals surface area (Å²) in [6.07, 6.45) is 0.733. The summed E-state index contributed by atoms with van der Waals surface area (Å²) < 4.78 is 23.4. The van der Waals surface area contributed by atoms with E-state index in [1.54, 1.807) is 69.3 Å². The molecule has 0 radical (unpaired) electrons. The summed E-state index contributed by atoms with van der Waals surface area (Å²) in [5, 5.41) is 14.1. The van der Waals surface area contributed by atoms with Crippen molar-refractivity contribution in [3.8, 4) is 23.0 Å². The van der Waals surface area contributed by atoms with Crippen molar-refractivity contribution in [1.29, 1.82) is 0 Å². The molecule has 0 bridgehead atoms. The van der Waals surface area contributed by atoms with Gasteiger partial charge in [0.15, 0.2) is 28.6 Å². The van der Waals surface area contributed by atoms with Crippen LogP contribution in [-0.4, -0.2) is 34.1 Å². The van der Waals surface area contributed by atoms with Gasteiger partial charge < -0.3 is 29.4 Å². The Morgan fingerprint density at radius 3 is 2.06 bits per heavy atom. The standard InChI is InChI=1S/C24H27NO7/c1-5-15(3)23(21(27)29-16-11-7-8-12-17(16)31-23)25-20(26)24(28)22(4,6-2)30-18-13-9-10-14-19(18)32-24/h7-15,28H,5-6H2,1-4H3,(H,25,26)/t15-,22-,23-,24+/m0/s1. The van der Waals surface area contributed by atoms with Gasteiger partial charge in [0.25, 0.3) is 5.72 Å². The zero-order valence-corrected chi connectivity index (χ0v) is 18.5. The van der Waals surface area contributed by atoms with Gasteiger partial charge in [-0.1, -0.05) is 45.0 Å². The van der Waals surface area contributed by atoms with E-state index >= 15 is 0 Å². The number of esters is 1. The molecule has 2 heterocycles. The predicted molar refractivity (Wildman–Crippen MR) is 114 cm³/mol. The summed E-state index contributed by atoms with van der Waals surface area (Å²) in [5.41, 5.74) is -3.29. The minimum atomic E-state index is -2.43. The fourth-order valence-electron chi connectivity index (χ4n) is 3.85. The van der Waals surface area contributed by atoms with Gasteiger partial charge in [-0.05, 0) is 44.0 Å². The number of ether oxygens (including phenoxy) is 4. The van der Waals surface area contributed by atoms with Crippen LogP contribution in [0.15, 0.2) is 48.5 Å². The van der Waals surface area contributed by atoms with Crippen LogP contribution in [-0.2, 0) is 9.59 Å². The second kappa shape index (κ2) is 7.70. The van der Waals surface area contributed by atoms with E-state index in [4.69, 9.17) is 18.9 Å². The normalized spacial score (nSPS) is 29.2. The molecule has 2 aliphatic heterocycles. The molecule has 0 saturated heterocycles.